The minimum Gasteiger partial charge on any atom is -0.480 e. The molecule has 9 N–H and O–H groups in total. The molecule has 1 rings (SSSR count). The first-order valence-electron chi connectivity index (χ1n) is 8.27. The average molecular weight is 400 g/mol. The Morgan fingerprint density at radius 2 is 1.93 bits per heavy atom. The highest BCUT2D eigenvalue weighted by Gasteiger charge is 2.29. The highest BCUT2D eigenvalue weighted by Crippen LogP contribution is 1.97. The number of nitrogens with zero attached hydrogens (tertiary/aromatic N) is 1. The predicted molar refractivity (Wildman–Crippen MR) is 93.5 cm³/mol. The first-order chi connectivity index (χ1) is 13.1. The number of carbonyl (C=O) groups excluding carboxylic acids is 3. The van der Waals surface area contributed by atoms with Crippen LogP contribution in [0, 0.1) is 0 Å². The zero-order valence-corrected chi connectivity index (χ0v) is 15.1. The Balaban J connectivity index is 2.53. The summed E-state index contributed by atoms with van der Waals surface area (Å²) in [6, 6.07) is -4.02. The Labute approximate surface area is 159 Å². The Bertz CT molecular complexity index is 678. The second-order valence-electron chi connectivity index (χ2n) is 5.97. The van der Waals surface area contributed by atoms with Crippen LogP contribution >= 0.6 is 0 Å². The minimum atomic E-state index is -1.59. The van der Waals surface area contributed by atoms with Crippen LogP contribution in [-0.2, 0) is 25.6 Å². The second-order valence-corrected chi connectivity index (χ2v) is 5.97. The molecular formula is C15H24N6O7. The summed E-state index contributed by atoms with van der Waals surface area (Å²) in [5, 5.41) is 33.9. The normalized spacial score (nSPS) is 15.0. The number of hydrogen-bond acceptors (Lipinski definition) is 8. The van der Waals surface area contributed by atoms with Crippen molar-refractivity contribution in [3.8, 4) is 0 Å². The fourth-order valence-corrected chi connectivity index (χ4v) is 2.10. The van der Waals surface area contributed by atoms with Gasteiger partial charge in [-0.3, -0.25) is 14.4 Å². The molecule has 1 aromatic rings. The van der Waals surface area contributed by atoms with Crippen LogP contribution in [0.4, 0.5) is 0 Å². The van der Waals surface area contributed by atoms with E-state index in [0.717, 1.165) is 0 Å². The lowest BCUT2D eigenvalue weighted by atomic mass is 10.1. The number of imidazole rings is 1. The lowest BCUT2D eigenvalue weighted by Crippen LogP contribution is -2.57. The van der Waals surface area contributed by atoms with Crippen LogP contribution < -0.4 is 21.7 Å². The molecule has 0 bridgehead atoms. The van der Waals surface area contributed by atoms with Gasteiger partial charge in [-0.25, -0.2) is 9.78 Å². The van der Waals surface area contributed by atoms with E-state index in [1.807, 2.05) is 5.32 Å². The molecule has 1 aromatic heterocycles. The fourth-order valence-electron chi connectivity index (χ4n) is 2.10. The summed E-state index contributed by atoms with van der Waals surface area (Å²) < 4.78 is 0. The number of nitrogens with two attached hydrogens (primary N) is 1. The maximum atomic E-state index is 12.0. The van der Waals surface area contributed by atoms with Crippen LogP contribution in [-0.4, -0.2) is 86.4 Å². The molecule has 0 saturated heterocycles. The van der Waals surface area contributed by atoms with Gasteiger partial charge >= 0.3 is 5.97 Å². The summed E-state index contributed by atoms with van der Waals surface area (Å²) in [7, 11) is 0. The summed E-state index contributed by atoms with van der Waals surface area (Å²) in [6.07, 6.45) is 1.74. The van der Waals surface area contributed by atoms with E-state index in [-0.39, 0.29) is 6.42 Å². The summed E-state index contributed by atoms with van der Waals surface area (Å²) in [5.74, 6) is -3.91. The Kier molecular flexibility index (Phi) is 9.01. The van der Waals surface area contributed by atoms with Crippen LogP contribution in [0.15, 0.2) is 12.5 Å². The van der Waals surface area contributed by atoms with E-state index < -0.39 is 61.1 Å². The highest BCUT2D eigenvalue weighted by molar-refractivity contribution is 5.92. The van der Waals surface area contributed by atoms with Crippen LogP contribution in [0.2, 0.25) is 0 Å². The van der Waals surface area contributed by atoms with Gasteiger partial charge in [0.1, 0.15) is 12.1 Å². The SMILES string of the molecule is CC(O)C(NC(=O)CNC(=O)C(N)Cc1cnc[nH]1)C(=O)NC(CO)C(=O)O. The van der Waals surface area contributed by atoms with Gasteiger partial charge in [0.15, 0.2) is 0 Å². The molecule has 156 valence electrons. The van der Waals surface area contributed by atoms with E-state index in [4.69, 9.17) is 15.9 Å². The zero-order chi connectivity index (χ0) is 21.3. The monoisotopic (exact) mass is 400 g/mol. The van der Waals surface area contributed by atoms with Gasteiger partial charge in [-0.15, -0.1) is 0 Å². The lowest BCUT2D eigenvalue weighted by Gasteiger charge is -2.23. The minimum absolute atomic E-state index is 0.171. The Morgan fingerprint density at radius 1 is 1.25 bits per heavy atom. The standard InChI is InChI=1S/C15H24N6O7/c1-7(23)12(14(26)20-10(5-22)15(27)28)21-11(24)4-18-13(25)9(16)2-8-3-17-6-19-8/h3,6-7,9-10,12,22-23H,2,4-5,16H2,1H3,(H,17,19)(H,18,25)(H,20,26)(H,21,24)(H,27,28). The molecule has 0 saturated carbocycles. The van der Waals surface area contributed by atoms with Crippen molar-refractivity contribution >= 4 is 23.7 Å². The number of H-pyrrole nitrogens is 1. The van der Waals surface area contributed by atoms with Crippen molar-refractivity contribution in [3.05, 3.63) is 18.2 Å². The van der Waals surface area contributed by atoms with E-state index in [1.54, 1.807) is 0 Å². The molecule has 0 aliphatic carbocycles. The molecule has 0 aromatic carbocycles. The summed E-state index contributed by atoms with van der Waals surface area (Å²) in [5.41, 5.74) is 6.35. The Hall–Kier alpha value is -3.03. The first-order valence-corrected chi connectivity index (χ1v) is 8.27. The van der Waals surface area contributed by atoms with E-state index in [2.05, 4.69) is 20.6 Å². The van der Waals surface area contributed by atoms with E-state index in [9.17, 15) is 24.3 Å². The van der Waals surface area contributed by atoms with Crippen molar-refractivity contribution < 1.29 is 34.5 Å². The van der Waals surface area contributed by atoms with Crippen molar-refractivity contribution in [3.63, 3.8) is 0 Å². The summed E-state index contributed by atoms with van der Waals surface area (Å²) >= 11 is 0. The number of amides is 3. The van der Waals surface area contributed by atoms with Crippen LogP contribution in [0.5, 0.6) is 0 Å². The molecular weight excluding hydrogens is 376 g/mol. The van der Waals surface area contributed by atoms with Gasteiger partial charge in [0.05, 0.1) is 31.6 Å². The molecule has 4 unspecified atom stereocenters. The summed E-state index contributed by atoms with van der Waals surface area (Å²) in [6.45, 7) is -0.182. The third-order valence-corrected chi connectivity index (χ3v) is 3.63. The number of aliphatic carboxylic acids is 1. The van der Waals surface area contributed by atoms with Gasteiger partial charge in [-0.05, 0) is 6.92 Å². The van der Waals surface area contributed by atoms with E-state index in [0.29, 0.717) is 5.69 Å². The van der Waals surface area contributed by atoms with Gasteiger partial charge in [0.2, 0.25) is 17.7 Å². The van der Waals surface area contributed by atoms with Crippen molar-refractivity contribution in [2.45, 2.75) is 37.6 Å². The topological polar surface area (TPSA) is 220 Å². The maximum absolute atomic E-state index is 12.0. The molecule has 1 heterocycles. The molecule has 4 atom stereocenters. The number of carboxylic acid groups (broad SMARTS) is 1. The molecule has 0 spiro atoms. The molecule has 28 heavy (non-hydrogen) atoms. The number of nitrogens with one attached hydrogen (secondary N) is 4. The molecule has 0 aliphatic heterocycles. The number of aromatic nitrogens is 2. The molecule has 13 heteroatoms. The number of carboxylic acids is 1. The van der Waals surface area contributed by atoms with Crippen molar-refractivity contribution in [2.24, 2.45) is 5.73 Å². The third-order valence-electron chi connectivity index (χ3n) is 3.63. The van der Waals surface area contributed by atoms with Crippen LogP contribution in [0.3, 0.4) is 0 Å². The second kappa shape index (κ2) is 11.0. The Morgan fingerprint density at radius 3 is 2.43 bits per heavy atom. The number of aliphatic hydroxyl groups excluding tert-OH is 2. The number of hydrogen-bond donors (Lipinski definition) is 8. The van der Waals surface area contributed by atoms with E-state index in [1.165, 1.54) is 19.4 Å². The van der Waals surface area contributed by atoms with Crippen LogP contribution in [0.1, 0.15) is 12.6 Å². The molecule has 0 aliphatic rings. The van der Waals surface area contributed by atoms with Gasteiger partial charge in [-0.1, -0.05) is 0 Å². The molecule has 13 nitrogen and oxygen atoms in total. The molecule has 0 radical (unpaired) electrons. The van der Waals surface area contributed by atoms with Gasteiger partial charge in [0, 0.05) is 18.3 Å². The number of aliphatic hydroxyl groups is 2. The maximum Gasteiger partial charge on any atom is 0.328 e. The quantitative estimate of drug-likeness (QED) is 0.180. The zero-order valence-electron chi connectivity index (χ0n) is 15.1. The van der Waals surface area contributed by atoms with E-state index >= 15 is 0 Å². The molecule has 0 fully saturated rings. The first kappa shape index (κ1) is 23.0. The smallest absolute Gasteiger partial charge is 0.328 e. The number of carbonyl (C=O) groups is 4. The van der Waals surface area contributed by atoms with Crippen LogP contribution in [0.25, 0.3) is 0 Å². The van der Waals surface area contributed by atoms with Crippen molar-refractivity contribution in [1.82, 2.24) is 25.9 Å². The predicted octanol–water partition coefficient (Wildman–Crippen LogP) is -4.18. The highest BCUT2D eigenvalue weighted by atomic mass is 16.4. The lowest BCUT2D eigenvalue weighted by molar-refractivity contribution is -0.144. The summed E-state index contributed by atoms with van der Waals surface area (Å²) in [4.78, 5) is 53.3. The number of rotatable bonds is 11. The van der Waals surface area contributed by atoms with Gasteiger partial charge in [0.25, 0.3) is 0 Å². The number of aromatic amines is 1. The fraction of sp³-hybridized carbons (Fsp3) is 0.533. The van der Waals surface area contributed by atoms with Gasteiger partial charge < -0.3 is 42.0 Å². The van der Waals surface area contributed by atoms with Gasteiger partial charge in [-0.2, -0.15) is 0 Å². The molecule has 3 amide bonds. The van der Waals surface area contributed by atoms with Crippen molar-refractivity contribution in [1.29, 1.82) is 0 Å². The average Bonchev–Trinajstić information content (AvgIpc) is 3.14. The largest absolute Gasteiger partial charge is 0.480 e. The third kappa shape index (κ3) is 7.30. The van der Waals surface area contributed by atoms with Crippen molar-refractivity contribution in [2.75, 3.05) is 13.2 Å².